The van der Waals surface area contributed by atoms with Crippen LogP contribution in [0.5, 0.6) is 5.75 Å². The van der Waals surface area contributed by atoms with E-state index < -0.39 is 17.5 Å². The van der Waals surface area contributed by atoms with Gasteiger partial charge in [-0.15, -0.1) is 0 Å². The van der Waals surface area contributed by atoms with Crippen molar-refractivity contribution in [2.24, 2.45) is 0 Å². The lowest BCUT2D eigenvalue weighted by molar-refractivity contribution is -0.534. The first kappa shape index (κ1) is 22.7. The van der Waals surface area contributed by atoms with Gasteiger partial charge in [-0.25, -0.2) is 0 Å². The molecule has 0 radical (unpaired) electrons. The number of halogens is 2. The first-order valence-electron chi connectivity index (χ1n) is 10.7. The van der Waals surface area contributed by atoms with E-state index in [-0.39, 0.29) is 17.4 Å². The van der Waals surface area contributed by atoms with Crippen molar-refractivity contribution in [2.75, 3.05) is 18.9 Å². The third kappa shape index (κ3) is 3.52. The zero-order valence-corrected chi connectivity index (χ0v) is 19.7. The molecule has 1 spiro atoms. The number of anilines is 1. The number of likely N-dealkylation sites (tertiary alicyclic amines) is 1. The highest BCUT2D eigenvalue weighted by atomic mass is 35.5. The number of para-hydroxylation sites is 1. The molecule has 174 valence electrons. The predicted octanol–water partition coefficient (Wildman–Crippen LogP) is 5.09. The zero-order valence-electron chi connectivity index (χ0n) is 18.2. The van der Waals surface area contributed by atoms with E-state index in [1.54, 1.807) is 60.5 Å². The van der Waals surface area contributed by atoms with Gasteiger partial charge in [0.25, 0.3) is 11.9 Å². The number of amides is 1. The van der Waals surface area contributed by atoms with Crippen molar-refractivity contribution in [2.45, 2.75) is 24.1 Å². The standard InChI is InChI=1S/C25H21Cl2N3O4/c1-29-13-19(23(30(32)33)25(29)20-4-2-3-5-22(20)28-24(25)31)15-7-10-18(11-8-15)34-14-16-6-9-17(26)12-21(16)27/h2-12,19,23H,13-14H2,1H3,(H,28,31)/t19-,23+,25-/m1/s1. The molecule has 1 N–H and O–H groups in total. The molecule has 1 amide bonds. The Labute approximate surface area is 206 Å². The molecule has 3 atom stereocenters. The van der Waals surface area contributed by atoms with Gasteiger partial charge >= 0.3 is 0 Å². The predicted molar refractivity (Wildman–Crippen MR) is 130 cm³/mol. The summed E-state index contributed by atoms with van der Waals surface area (Å²) in [6, 6.07) is 18.5. The van der Waals surface area contributed by atoms with Crippen LogP contribution in [0.15, 0.2) is 66.7 Å². The van der Waals surface area contributed by atoms with Crippen LogP contribution < -0.4 is 10.1 Å². The number of nitrogens with zero attached hydrogens (tertiary/aromatic N) is 2. The quantitative estimate of drug-likeness (QED) is 0.391. The minimum atomic E-state index is -1.36. The summed E-state index contributed by atoms with van der Waals surface area (Å²) in [6.45, 7) is 0.632. The number of carbonyl (C=O) groups excluding carboxylic acids is 1. The van der Waals surface area contributed by atoms with Crippen molar-refractivity contribution < 1.29 is 14.5 Å². The molecule has 3 aromatic carbocycles. The van der Waals surface area contributed by atoms with E-state index in [4.69, 9.17) is 27.9 Å². The van der Waals surface area contributed by atoms with Crippen LogP contribution in [0.25, 0.3) is 0 Å². The molecule has 0 aliphatic carbocycles. The third-order valence-electron chi connectivity index (χ3n) is 6.76. The Kier molecular flexibility index (Phi) is 5.72. The van der Waals surface area contributed by atoms with Crippen LogP contribution in [-0.2, 0) is 16.9 Å². The van der Waals surface area contributed by atoms with Crippen LogP contribution in [-0.4, -0.2) is 35.4 Å². The summed E-state index contributed by atoms with van der Waals surface area (Å²) in [7, 11) is 1.77. The lowest BCUT2D eigenvalue weighted by Crippen LogP contribution is -2.54. The second-order valence-corrected chi connectivity index (χ2v) is 9.42. The highest BCUT2D eigenvalue weighted by Crippen LogP contribution is 2.52. The highest BCUT2D eigenvalue weighted by Gasteiger charge is 2.68. The second kappa shape index (κ2) is 8.58. The monoisotopic (exact) mass is 497 g/mol. The van der Waals surface area contributed by atoms with Crippen LogP contribution in [0.4, 0.5) is 5.69 Å². The third-order valence-corrected chi connectivity index (χ3v) is 7.35. The Hall–Kier alpha value is -3.13. The molecule has 2 aliphatic rings. The largest absolute Gasteiger partial charge is 0.489 e. The summed E-state index contributed by atoms with van der Waals surface area (Å²) < 4.78 is 5.85. The van der Waals surface area contributed by atoms with Crippen molar-refractivity contribution in [1.82, 2.24) is 4.90 Å². The Morgan fingerprint density at radius 1 is 1.15 bits per heavy atom. The van der Waals surface area contributed by atoms with Gasteiger partial charge in [-0.2, -0.15) is 0 Å². The summed E-state index contributed by atoms with van der Waals surface area (Å²) in [5.41, 5.74) is 1.49. The van der Waals surface area contributed by atoms with Crippen LogP contribution in [0.3, 0.4) is 0 Å². The normalized spacial score (nSPS) is 23.7. The molecule has 9 heteroatoms. The van der Waals surface area contributed by atoms with E-state index in [0.29, 0.717) is 33.6 Å². The first-order valence-corrected chi connectivity index (χ1v) is 11.5. The summed E-state index contributed by atoms with van der Waals surface area (Å²) in [5.74, 6) is -0.227. The maximum Gasteiger partial charge on any atom is 0.256 e. The maximum atomic E-state index is 13.2. The first-order chi connectivity index (χ1) is 16.3. The van der Waals surface area contributed by atoms with E-state index in [9.17, 15) is 14.9 Å². The Bertz CT molecular complexity index is 1280. The molecule has 0 aromatic heterocycles. The Balaban J connectivity index is 1.42. The van der Waals surface area contributed by atoms with Crippen molar-refractivity contribution in [3.05, 3.63) is 104 Å². The van der Waals surface area contributed by atoms with Gasteiger partial charge in [0.2, 0.25) is 0 Å². The lowest BCUT2D eigenvalue weighted by Gasteiger charge is -2.30. The average Bonchev–Trinajstić information content (AvgIpc) is 3.29. The van der Waals surface area contributed by atoms with E-state index in [0.717, 1.165) is 11.1 Å². The van der Waals surface area contributed by atoms with Crippen molar-refractivity contribution in [3.63, 3.8) is 0 Å². The van der Waals surface area contributed by atoms with Gasteiger partial charge in [-0.1, -0.05) is 59.6 Å². The molecule has 3 aromatic rings. The number of nitro groups is 1. The van der Waals surface area contributed by atoms with E-state index >= 15 is 0 Å². The SMILES string of the molecule is CN1C[C@H](c2ccc(OCc3ccc(Cl)cc3Cl)cc2)[C@H]([N+](=O)[O-])[C@]12C(=O)Nc1ccccc12. The number of likely N-dealkylation sites (N-methyl/N-ethyl adjacent to an activating group) is 1. The van der Waals surface area contributed by atoms with Gasteiger partial charge < -0.3 is 10.1 Å². The minimum Gasteiger partial charge on any atom is -0.489 e. The number of benzene rings is 3. The Morgan fingerprint density at radius 3 is 2.59 bits per heavy atom. The number of hydrogen-bond donors (Lipinski definition) is 1. The van der Waals surface area contributed by atoms with Crippen LogP contribution in [0.1, 0.15) is 22.6 Å². The van der Waals surface area contributed by atoms with Crippen LogP contribution >= 0.6 is 23.2 Å². The fraction of sp³-hybridized carbons (Fsp3) is 0.240. The second-order valence-electron chi connectivity index (χ2n) is 8.58. The fourth-order valence-electron chi connectivity index (χ4n) is 5.19. The smallest absolute Gasteiger partial charge is 0.256 e. The van der Waals surface area contributed by atoms with E-state index in [1.807, 2.05) is 18.2 Å². The summed E-state index contributed by atoms with van der Waals surface area (Å²) in [5, 5.41) is 16.3. The number of hydrogen-bond acceptors (Lipinski definition) is 5. The van der Waals surface area contributed by atoms with Gasteiger partial charge in [-0.05, 0) is 42.9 Å². The molecule has 1 fully saturated rings. The van der Waals surface area contributed by atoms with Crippen LogP contribution in [0.2, 0.25) is 10.0 Å². The van der Waals surface area contributed by atoms with Crippen molar-refractivity contribution in [1.29, 1.82) is 0 Å². The molecule has 2 heterocycles. The Morgan fingerprint density at radius 2 is 1.88 bits per heavy atom. The zero-order chi connectivity index (χ0) is 24.0. The molecular weight excluding hydrogens is 477 g/mol. The van der Waals surface area contributed by atoms with Gasteiger partial charge in [0.05, 0.1) is 5.92 Å². The molecular formula is C25H21Cl2N3O4. The molecule has 0 saturated carbocycles. The average molecular weight is 498 g/mol. The van der Waals surface area contributed by atoms with E-state index in [2.05, 4.69) is 5.32 Å². The lowest BCUT2D eigenvalue weighted by atomic mass is 9.79. The molecule has 0 unspecified atom stereocenters. The van der Waals surface area contributed by atoms with E-state index in [1.165, 1.54) is 0 Å². The molecule has 1 saturated heterocycles. The molecule has 2 aliphatic heterocycles. The highest BCUT2D eigenvalue weighted by molar-refractivity contribution is 6.35. The number of fused-ring (bicyclic) bond motifs is 2. The number of rotatable bonds is 5. The molecule has 34 heavy (non-hydrogen) atoms. The van der Waals surface area contributed by atoms with Crippen LogP contribution in [0, 0.1) is 10.1 Å². The summed E-state index contributed by atoms with van der Waals surface area (Å²) in [4.78, 5) is 27.1. The minimum absolute atomic E-state index is 0.263. The van der Waals surface area contributed by atoms with Gasteiger partial charge in [0.1, 0.15) is 12.4 Å². The number of carbonyl (C=O) groups is 1. The van der Waals surface area contributed by atoms with Gasteiger partial charge in [0.15, 0.2) is 5.54 Å². The van der Waals surface area contributed by atoms with Crippen molar-refractivity contribution in [3.8, 4) is 5.75 Å². The maximum absolute atomic E-state index is 13.2. The fourth-order valence-corrected chi connectivity index (χ4v) is 5.65. The van der Waals surface area contributed by atoms with Gasteiger partial charge in [0, 0.05) is 38.3 Å². The summed E-state index contributed by atoms with van der Waals surface area (Å²) in [6.07, 6.45) is 0. The summed E-state index contributed by atoms with van der Waals surface area (Å²) >= 11 is 12.1. The topological polar surface area (TPSA) is 84.7 Å². The molecule has 0 bridgehead atoms. The van der Waals surface area contributed by atoms with Gasteiger partial charge in [-0.3, -0.25) is 19.8 Å². The number of nitrogens with one attached hydrogen (secondary N) is 1. The molecule has 5 rings (SSSR count). The molecule has 7 nitrogen and oxygen atoms in total. The number of ether oxygens (including phenoxy) is 1. The van der Waals surface area contributed by atoms with Crippen molar-refractivity contribution >= 4 is 34.8 Å².